The summed E-state index contributed by atoms with van der Waals surface area (Å²) in [5, 5.41) is 0. The Labute approximate surface area is 105 Å². The molecule has 18 heavy (non-hydrogen) atoms. The van der Waals surface area contributed by atoms with Crippen LogP contribution in [0.2, 0.25) is 0 Å². The molecule has 0 atom stereocenters. The van der Waals surface area contributed by atoms with Crippen molar-refractivity contribution < 1.29 is 4.74 Å². The lowest BCUT2D eigenvalue weighted by molar-refractivity contribution is 0.445. The zero-order valence-corrected chi connectivity index (χ0v) is 10.2. The summed E-state index contributed by atoms with van der Waals surface area (Å²) in [5.74, 6) is 0.486. The van der Waals surface area contributed by atoms with E-state index in [1.165, 1.54) is 0 Å². The third kappa shape index (κ3) is 2.51. The first-order valence-corrected chi connectivity index (χ1v) is 5.80. The molecule has 94 valence electrons. The van der Waals surface area contributed by atoms with Crippen molar-refractivity contribution in [2.45, 2.75) is 19.9 Å². The largest absolute Gasteiger partial charge is 0.432 e. The lowest BCUT2D eigenvalue weighted by atomic mass is 10.3. The van der Waals surface area contributed by atoms with Crippen molar-refractivity contribution in [1.82, 2.24) is 9.55 Å². The van der Waals surface area contributed by atoms with E-state index in [0.29, 0.717) is 18.0 Å². The number of aryl methyl sites for hydroxylation is 1. The van der Waals surface area contributed by atoms with Crippen LogP contribution in [0.1, 0.15) is 13.3 Å². The van der Waals surface area contributed by atoms with Gasteiger partial charge < -0.3 is 15.0 Å². The molecule has 2 N–H and O–H groups in total. The molecule has 0 aliphatic heterocycles. The molecular formula is C13H15N3O2. The second-order valence-electron chi connectivity index (χ2n) is 3.87. The molecule has 0 bridgehead atoms. The summed E-state index contributed by atoms with van der Waals surface area (Å²) in [6.45, 7) is 2.64. The van der Waals surface area contributed by atoms with E-state index in [2.05, 4.69) is 4.98 Å². The van der Waals surface area contributed by atoms with Crippen LogP contribution in [0.3, 0.4) is 0 Å². The second kappa shape index (κ2) is 5.35. The molecule has 0 fully saturated rings. The number of hydrogen-bond donors (Lipinski definition) is 1. The third-order valence-electron chi connectivity index (χ3n) is 2.47. The Morgan fingerprint density at radius 3 is 2.89 bits per heavy atom. The van der Waals surface area contributed by atoms with Gasteiger partial charge in [-0.2, -0.15) is 0 Å². The molecule has 0 radical (unpaired) electrons. The fourth-order valence-corrected chi connectivity index (χ4v) is 1.59. The van der Waals surface area contributed by atoms with E-state index >= 15 is 0 Å². The molecular weight excluding hydrogens is 230 g/mol. The fraction of sp³-hybridized carbons (Fsp3) is 0.231. The minimum absolute atomic E-state index is 0.0452. The van der Waals surface area contributed by atoms with Crippen LogP contribution in [0.15, 0.2) is 41.5 Å². The van der Waals surface area contributed by atoms with Crippen molar-refractivity contribution in [3.63, 3.8) is 0 Å². The van der Waals surface area contributed by atoms with Crippen LogP contribution in [0.4, 0.5) is 5.69 Å². The number of nitrogens with two attached hydrogens (primary N) is 1. The normalized spacial score (nSPS) is 10.3. The van der Waals surface area contributed by atoms with Crippen LogP contribution in [0, 0.1) is 0 Å². The number of aromatic nitrogens is 2. The van der Waals surface area contributed by atoms with E-state index in [4.69, 9.17) is 10.5 Å². The summed E-state index contributed by atoms with van der Waals surface area (Å²) >= 11 is 0. The molecule has 0 unspecified atom stereocenters. The average molecular weight is 245 g/mol. The van der Waals surface area contributed by atoms with Crippen molar-refractivity contribution in [1.29, 1.82) is 0 Å². The summed E-state index contributed by atoms with van der Waals surface area (Å²) in [5.41, 5.74) is 5.98. The van der Waals surface area contributed by atoms with Crippen molar-refractivity contribution in [2.24, 2.45) is 0 Å². The molecule has 0 amide bonds. The van der Waals surface area contributed by atoms with Gasteiger partial charge in [0, 0.05) is 18.9 Å². The Balaban J connectivity index is 2.33. The number of anilines is 1. The molecule has 0 aliphatic carbocycles. The number of nitrogen functional groups attached to an aromatic ring is 1. The SMILES string of the molecule is CCCn1ccnc(Oc2ccccc2N)c1=O. The quantitative estimate of drug-likeness (QED) is 0.837. The van der Waals surface area contributed by atoms with Gasteiger partial charge in [-0.3, -0.25) is 4.79 Å². The maximum absolute atomic E-state index is 12.0. The summed E-state index contributed by atoms with van der Waals surface area (Å²) in [6.07, 6.45) is 4.06. The molecule has 2 aromatic rings. The Hall–Kier alpha value is -2.30. The number of ether oxygens (including phenoxy) is 1. The maximum Gasteiger partial charge on any atom is 0.313 e. The van der Waals surface area contributed by atoms with Crippen molar-refractivity contribution in [3.8, 4) is 11.6 Å². The molecule has 1 aromatic carbocycles. The summed E-state index contributed by atoms with van der Waals surface area (Å²) in [4.78, 5) is 16.0. The molecule has 0 spiro atoms. The smallest absolute Gasteiger partial charge is 0.313 e. The monoisotopic (exact) mass is 245 g/mol. The highest BCUT2D eigenvalue weighted by Crippen LogP contribution is 2.23. The van der Waals surface area contributed by atoms with Gasteiger partial charge in [0.05, 0.1) is 5.69 Å². The second-order valence-corrected chi connectivity index (χ2v) is 3.87. The van der Waals surface area contributed by atoms with Gasteiger partial charge in [0.25, 0.3) is 5.88 Å². The first-order chi connectivity index (χ1) is 8.72. The van der Waals surface area contributed by atoms with Gasteiger partial charge >= 0.3 is 5.56 Å². The van der Waals surface area contributed by atoms with Crippen LogP contribution in [-0.4, -0.2) is 9.55 Å². The highest BCUT2D eigenvalue weighted by atomic mass is 16.5. The van der Waals surface area contributed by atoms with Gasteiger partial charge in [0.15, 0.2) is 5.75 Å². The van der Waals surface area contributed by atoms with Crippen LogP contribution >= 0.6 is 0 Å². The van der Waals surface area contributed by atoms with Crippen LogP contribution in [-0.2, 0) is 6.54 Å². The van der Waals surface area contributed by atoms with E-state index in [-0.39, 0.29) is 11.4 Å². The molecule has 0 saturated carbocycles. The van der Waals surface area contributed by atoms with Gasteiger partial charge in [0.2, 0.25) is 0 Å². The number of benzene rings is 1. The highest BCUT2D eigenvalue weighted by molar-refractivity contribution is 5.52. The van der Waals surface area contributed by atoms with Crippen LogP contribution in [0.5, 0.6) is 11.6 Å². The zero-order valence-electron chi connectivity index (χ0n) is 10.2. The Bertz CT molecular complexity index is 593. The standard InChI is InChI=1S/C13H15N3O2/c1-2-8-16-9-7-15-12(13(16)17)18-11-6-4-3-5-10(11)14/h3-7,9H,2,8,14H2,1H3. The molecule has 2 rings (SSSR count). The molecule has 5 heteroatoms. The van der Waals surface area contributed by atoms with Gasteiger partial charge in [-0.25, -0.2) is 4.98 Å². The Morgan fingerprint density at radius 2 is 2.17 bits per heavy atom. The molecule has 1 heterocycles. The van der Waals surface area contributed by atoms with E-state index < -0.39 is 0 Å². The van der Waals surface area contributed by atoms with E-state index in [1.54, 1.807) is 41.2 Å². The predicted octanol–water partition coefficient (Wildman–Crippen LogP) is 2.03. The number of rotatable bonds is 4. The molecule has 0 saturated heterocycles. The maximum atomic E-state index is 12.0. The third-order valence-corrected chi connectivity index (χ3v) is 2.47. The van der Waals surface area contributed by atoms with Crippen molar-refractivity contribution in [3.05, 3.63) is 47.0 Å². The highest BCUT2D eigenvalue weighted by Gasteiger charge is 2.08. The molecule has 5 nitrogen and oxygen atoms in total. The lowest BCUT2D eigenvalue weighted by Gasteiger charge is -2.08. The van der Waals surface area contributed by atoms with Gasteiger partial charge in [-0.15, -0.1) is 0 Å². The zero-order chi connectivity index (χ0) is 13.0. The van der Waals surface area contributed by atoms with E-state index in [9.17, 15) is 4.79 Å². The number of nitrogens with zero attached hydrogens (tertiary/aromatic N) is 2. The number of para-hydroxylation sites is 2. The topological polar surface area (TPSA) is 70.1 Å². The molecule has 0 aliphatic rings. The van der Waals surface area contributed by atoms with Crippen LogP contribution < -0.4 is 16.0 Å². The lowest BCUT2D eigenvalue weighted by Crippen LogP contribution is -2.21. The fourth-order valence-electron chi connectivity index (χ4n) is 1.59. The predicted molar refractivity (Wildman–Crippen MR) is 69.7 cm³/mol. The Kier molecular flexibility index (Phi) is 3.62. The minimum Gasteiger partial charge on any atom is -0.432 e. The summed E-state index contributed by atoms with van der Waals surface area (Å²) < 4.78 is 7.03. The Morgan fingerprint density at radius 1 is 1.39 bits per heavy atom. The molecule has 1 aromatic heterocycles. The average Bonchev–Trinajstić information content (AvgIpc) is 2.37. The minimum atomic E-state index is -0.248. The van der Waals surface area contributed by atoms with Crippen LogP contribution in [0.25, 0.3) is 0 Å². The first-order valence-electron chi connectivity index (χ1n) is 5.80. The number of hydrogen-bond acceptors (Lipinski definition) is 4. The van der Waals surface area contributed by atoms with E-state index in [0.717, 1.165) is 6.42 Å². The van der Waals surface area contributed by atoms with Gasteiger partial charge in [-0.05, 0) is 18.6 Å². The van der Waals surface area contributed by atoms with Gasteiger partial charge in [0.1, 0.15) is 0 Å². The van der Waals surface area contributed by atoms with Gasteiger partial charge in [-0.1, -0.05) is 19.1 Å². The van der Waals surface area contributed by atoms with E-state index in [1.807, 2.05) is 6.92 Å². The summed E-state index contributed by atoms with van der Waals surface area (Å²) in [6, 6.07) is 7.01. The first kappa shape index (κ1) is 12.2. The summed E-state index contributed by atoms with van der Waals surface area (Å²) in [7, 11) is 0. The van der Waals surface area contributed by atoms with Crippen molar-refractivity contribution >= 4 is 5.69 Å². The van der Waals surface area contributed by atoms with Crippen molar-refractivity contribution in [2.75, 3.05) is 5.73 Å².